The summed E-state index contributed by atoms with van der Waals surface area (Å²) in [6.07, 6.45) is 6.81. The molecule has 2 atom stereocenters. The van der Waals surface area contributed by atoms with E-state index in [-0.39, 0.29) is 11.9 Å². The highest BCUT2D eigenvalue weighted by Crippen LogP contribution is 2.42. The van der Waals surface area contributed by atoms with E-state index in [1.165, 1.54) is 0 Å². The Hall–Kier alpha value is -1.84. The van der Waals surface area contributed by atoms with Crippen LogP contribution in [-0.4, -0.2) is 23.0 Å². The molecule has 1 saturated heterocycles. The number of rotatable bonds is 2. The zero-order valence-corrected chi connectivity index (χ0v) is 13.5. The van der Waals surface area contributed by atoms with Crippen molar-refractivity contribution in [1.29, 1.82) is 0 Å². The SMILES string of the molecule is CC(C)(C)C(=O)N1[C@H]([C]2[CH][CH][CH][CH]2)OC(=O)[C@H]1c1ccccc1. The van der Waals surface area contributed by atoms with Gasteiger partial charge in [-0.1, -0.05) is 51.1 Å². The van der Waals surface area contributed by atoms with Crippen molar-refractivity contribution in [3.8, 4) is 0 Å². The van der Waals surface area contributed by atoms with Crippen molar-refractivity contribution in [2.24, 2.45) is 5.41 Å². The van der Waals surface area contributed by atoms with Crippen LogP contribution in [0.1, 0.15) is 32.4 Å². The minimum atomic E-state index is -0.706. The first-order valence-corrected chi connectivity index (χ1v) is 7.69. The fourth-order valence-electron chi connectivity index (χ4n) is 2.81. The molecule has 5 radical (unpaired) electrons. The molecule has 0 unspecified atom stereocenters. The minimum absolute atomic E-state index is 0.108. The van der Waals surface area contributed by atoms with Crippen LogP contribution in [-0.2, 0) is 14.3 Å². The molecule has 1 aliphatic heterocycles. The molecule has 1 heterocycles. The number of cyclic esters (lactones) is 1. The van der Waals surface area contributed by atoms with Crippen LogP contribution in [0.5, 0.6) is 0 Å². The average Bonchev–Trinajstić information content (AvgIpc) is 3.13. The Morgan fingerprint density at radius 3 is 2.26 bits per heavy atom. The third kappa shape index (κ3) is 2.99. The van der Waals surface area contributed by atoms with Crippen LogP contribution in [0.3, 0.4) is 0 Å². The van der Waals surface area contributed by atoms with E-state index in [2.05, 4.69) is 0 Å². The predicted octanol–water partition coefficient (Wildman–Crippen LogP) is 2.89. The lowest BCUT2D eigenvalue weighted by atomic mass is 9.91. The van der Waals surface area contributed by atoms with E-state index >= 15 is 0 Å². The smallest absolute Gasteiger partial charge is 0.335 e. The van der Waals surface area contributed by atoms with E-state index in [9.17, 15) is 9.59 Å². The van der Waals surface area contributed by atoms with Gasteiger partial charge in [0.2, 0.25) is 5.91 Å². The molecule has 23 heavy (non-hydrogen) atoms. The number of carbonyl (C=O) groups excluding carboxylic acids is 2. The Bertz CT molecular complexity index is 584. The van der Waals surface area contributed by atoms with Crippen molar-refractivity contribution >= 4 is 11.9 Å². The van der Waals surface area contributed by atoms with Crippen molar-refractivity contribution in [2.45, 2.75) is 33.0 Å². The maximum absolute atomic E-state index is 13.0. The predicted molar refractivity (Wildman–Crippen MR) is 85.8 cm³/mol. The highest BCUT2D eigenvalue weighted by Gasteiger charge is 2.51. The van der Waals surface area contributed by atoms with Gasteiger partial charge < -0.3 is 4.74 Å². The first-order valence-electron chi connectivity index (χ1n) is 7.69. The summed E-state index contributed by atoms with van der Waals surface area (Å²) in [6.45, 7) is 5.55. The first-order chi connectivity index (χ1) is 10.9. The average molecular weight is 310 g/mol. The lowest BCUT2D eigenvalue weighted by molar-refractivity contribution is -0.145. The number of carbonyl (C=O) groups is 2. The van der Waals surface area contributed by atoms with E-state index in [0.717, 1.165) is 11.5 Å². The van der Waals surface area contributed by atoms with Gasteiger partial charge in [-0.3, -0.25) is 9.69 Å². The van der Waals surface area contributed by atoms with Crippen LogP contribution in [0.25, 0.3) is 0 Å². The van der Waals surface area contributed by atoms with Crippen LogP contribution in [0.4, 0.5) is 0 Å². The molecule has 4 nitrogen and oxygen atoms in total. The molecule has 0 N–H and O–H groups in total. The van der Waals surface area contributed by atoms with Crippen LogP contribution in [0, 0.1) is 37.0 Å². The topological polar surface area (TPSA) is 46.6 Å². The molecule has 2 fully saturated rings. The number of hydrogen-bond acceptors (Lipinski definition) is 3. The van der Waals surface area contributed by atoms with Gasteiger partial charge in [-0.25, -0.2) is 4.79 Å². The van der Waals surface area contributed by atoms with Crippen LogP contribution >= 0.6 is 0 Å². The van der Waals surface area contributed by atoms with Crippen LogP contribution in [0.2, 0.25) is 0 Å². The van der Waals surface area contributed by atoms with Gasteiger partial charge in [0.05, 0.1) is 0 Å². The standard InChI is InChI=1S/C19H20NO3/c1-19(2,3)18(22)20-15(13-9-5-4-6-10-13)17(21)23-16(20)14-11-7-8-12-14/h4-12,15-16H,1-3H3/t15-,16+/m1/s1. The summed E-state index contributed by atoms with van der Waals surface area (Å²) >= 11 is 0. The van der Waals surface area contributed by atoms with Gasteiger partial charge in [0.25, 0.3) is 0 Å². The molecule has 0 aromatic heterocycles. The van der Waals surface area contributed by atoms with E-state index in [4.69, 9.17) is 4.74 Å². The number of amides is 1. The maximum Gasteiger partial charge on any atom is 0.335 e. The summed E-state index contributed by atoms with van der Waals surface area (Å²) in [5.41, 5.74) is 0.162. The van der Waals surface area contributed by atoms with Gasteiger partial charge in [0.15, 0.2) is 12.3 Å². The third-order valence-electron chi connectivity index (χ3n) is 3.95. The molecular weight excluding hydrogens is 290 g/mol. The van der Waals surface area contributed by atoms with E-state index in [1.54, 1.807) is 4.90 Å². The number of nitrogens with zero attached hydrogens (tertiary/aromatic N) is 1. The molecule has 0 spiro atoms. The lowest BCUT2D eigenvalue weighted by Crippen LogP contribution is -2.46. The molecule has 1 aliphatic carbocycles. The maximum atomic E-state index is 13.0. The van der Waals surface area contributed by atoms with Crippen molar-refractivity contribution < 1.29 is 14.3 Å². The lowest BCUT2D eigenvalue weighted by Gasteiger charge is -2.34. The quantitative estimate of drug-likeness (QED) is 0.789. The van der Waals surface area contributed by atoms with E-state index in [0.29, 0.717) is 0 Å². The molecule has 119 valence electrons. The molecule has 4 heteroatoms. The van der Waals surface area contributed by atoms with Crippen LogP contribution < -0.4 is 0 Å². The Balaban J connectivity index is 1.99. The minimum Gasteiger partial charge on any atom is -0.439 e. The summed E-state index contributed by atoms with van der Waals surface area (Å²) < 4.78 is 5.57. The summed E-state index contributed by atoms with van der Waals surface area (Å²) in [7, 11) is 0. The molecule has 1 aromatic carbocycles. The summed E-state index contributed by atoms with van der Waals surface area (Å²) in [5.74, 6) is 0.317. The Morgan fingerprint density at radius 2 is 1.70 bits per heavy atom. The number of hydrogen-bond donors (Lipinski definition) is 0. The molecule has 2 aliphatic rings. The van der Waals surface area contributed by atoms with E-state index < -0.39 is 17.7 Å². The Labute approximate surface area is 137 Å². The summed E-state index contributed by atoms with van der Waals surface area (Å²) in [4.78, 5) is 27.1. The highest BCUT2D eigenvalue weighted by atomic mass is 16.6. The van der Waals surface area contributed by atoms with Crippen molar-refractivity contribution in [3.05, 3.63) is 67.5 Å². The fourth-order valence-corrected chi connectivity index (χ4v) is 2.81. The van der Waals surface area contributed by atoms with Gasteiger partial charge in [-0.05, 0) is 31.2 Å². The monoisotopic (exact) mass is 310 g/mol. The first kappa shape index (κ1) is 16.0. The van der Waals surface area contributed by atoms with E-state index in [1.807, 2.05) is 76.8 Å². The number of benzene rings is 1. The van der Waals surface area contributed by atoms with Crippen LogP contribution in [0.15, 0.2) is 30.3 Å². The molecule has 1 saturated carbocycles. The van der Waals surface area contributed by atoms with Gasteiger partial charge >= 0.3 is 5.97 Å². The largest absolute Gasteiger partial charge is 0.439 e. The van der Waals surface area contributed by atoms with Gasteiger partial charge in [0.1, 0.15) is 0 Å². The zero-order chi connectivity index (χ0) is 16.6. The van der Waals surface area contributed by atoms with Gasteiger partial charge in [-0.15, -0.1) is 0 Å². The Kier molecular flexibility index (Phi) is 4.17. The summed E-state index contributed by atoms with van der Waals surface area (Å²) in [5, 5.41) is 0. The molecule has 0 bridgehead atoms. The Morgan fingerprint density at radius 1 is 1.09 bits per heavy atom. The normalized spacial score (nSPS) is 25.7. The molecule has 1 amide bonds. The second-order valence-electron chi connectivity index (χ2n) is 6.78. The van der Waals surface area contributed by atoms with Crippen molar-refractivity contribution in [3.63, 3.8) is 0 Å². The number of esters is 1. The van der Waals surface area contributed by atoms with Gasteiger partial charge in [0, 0.05) is 11.3 Å². The molecular formula is C19H20NO3. The van der Waals surface area contributed by atoms with Gasteiger partial charge in [-0.2, -0.15) is 0 Å². The van der Waals surface area contributed by atoms with Crippen molar-refractivity contribution in [1.82, 2.24) is 4.90 Å². The molecule has 3 rings (SSSR count). The highest BCUT2D eigenvalue weighted by molar-refractivity contribution is 5.91. The second kappa shape index (κ2) is 5.99. The second-order valence-corrected chi connectivity index (χ2v) is 6.78. The number of ether oxygens (including phenoxy) is 1. The third-order valence-corrected chi connectivity index (χ3v) is 3.95. The zero-order valence-electron chi connectivity index (χ0n) is 13.5. The summed E-state index contributed by atoms with van der Waals surface area (Å²) in [6, 6.07) is 8.60. The van der Waals surface area contributed by atoms with Crippen molar-refractivity contribution in [2.75, 3.05) is 0 Å². The fraction of sp³-hybridized carbons (Fsp3) is 0.316. The molecule has 1 aromatic rings.